The Bertz CT molecular complexity index is 2620. The zero-order valence-electron chi connectivity index (χ0n) is 27.5. The van der Waals surface area contributed by atoms with Crippen molar-refractivity contribution in [1.29, 1.82) is 0 Å². The highest BCUT2D eigenvalue weighted by atomic mass is 16.3. The van der Waals surface area contributed by atoms with Crippen LogP contribution in [0.5, 0.6) is 0 Å². The van der Waals surface area contributed by atoms with Crippen LogP contribution in [-0.2, 0) is 0 Å². The average Bonchev–Trinajstić information content (AvgIpc) is 3.67. The number of benzene rings is 4. The number of hydrogen-bond acceptors (Lipinski definition) is 5. The molecule has 9 aromatic rings. The van der Waals surface area contributed by atoms with Crippen LogP contribution in [0, 0.1) is 6.92 Å². The average molecular weight is 636 g/mol. The number of aryl methyl sites for hydroxylation is 1. The zero-order chi connectivity index (χ0) is 33.1. The minimum atomic E-state index is 0.259. The summed E-state index contributed by atoms with van der Waals surface area (Å²) >= 11 is 0. The molecule has 5 aromatic heterocycles. The first-order chi connectivity index (χ1) is 24.0. The number of nitrogens with zero attached hydrogens (tertiary/aromatic N) is 5. The number of para-hydroxylation sites is 4. The molecule has 9 rings (SSSR count). The van der Waals surface area contributed by atoms with Crippen LogP contribution in [-0.4, -0.2) is 19.5 Å². The number of furan rings is 1. The van der Waals surface area contributed by atoms with Gasteiger partial charge in [0.1, 0.15) is 23.0 Å². The second-order valence-corrected chi connectivity index (χ2v) is 12.8. The van der Waals surface area contributed by atoms with Crippen LogP contribution in [0.25, 0.3) is 61.0 Å². The predicted molar refractivity (Wildman–Crippen MR) is 200 cm³/mol. The molecule has 0 aliphatic rings. The molecule has 0 bridgehead atoms. The van der Waals surface area contributed by atoms with Crippen LogP contribution in [0.3, 0.4) is 0 Å². The molecule has 0 amide bonds. The van der Waals surface area contributed by atoms with E-state index < -0.39 is 0 Å². The van der Waals surface area contributed by atoms with E-state index in [4.69, 9.17) is 14.4 Å². The summed E-state index contributed by atoms with van der Waals surface area (Å²) in [5, 5.41) is 4.43. The number of pyridine rings is 3. The van der Waals surface area contributed by atoms with Crippen molar-refractivity contribution in [3.63, 3.8) is 0 Å². The van der Waals surface area contributed by atoms with Gasteiger partial charge in [0.05, 0.1) is 16.7 Å². The molecule has 49 heavy (non-hydrogen) atoms. The number of hydrogen-bond donors (Lipinski definition) is 0. The first kappa shape index (κ1) is 28.9. The van der Waals surface area contributed by atoms with Crippen LogP contribution in [0.2, 0.25) is 0 Å². The fourth-order valence-electron chi connectivity index (χ4n) is 6.89. The molecule has 4 aromatic carbocycles. The molecule has 5 heterocycles. The molecule has 0 saturated carbocycles. The topological polar surface area (TPSA) is 60.0 Å². The Hall–Kier alpha value is -6.27. The quantitative estimate of drug-likeness (QED) is 0.182. The Labute approximate surface area is 283 Å². The molecular formula is C43H33N5O. The first-order valence-electron chi connectivity index (χ1n) is 16.7. The Kier molecular flexibility index (Phi) is 6.76. The zero-order valence-corrected chi connectivity index (χ0v) is 27.5. The molecule has 0 N–H and O–H groups in total. The summed E-state index contributed by atoms with van der Waals surface area (Å²) < 4.78 is 8.69. The third kappa shape index (κ3) is 4.83. The van der Waals surface area contributed by atoms with Gasteiger partial charge in [-0.3, -0.25) is 9.47 Å². The maximum absolute atomic E-state index is 6.44. The molecule has 0 radical (unpaired) electrons. The van der Waals surface area contributed by atoms with Crippen molar-refractivity contribution in [2.24, 2.45) is 0 Å². The van der Waals surface area contributed by atoms with Crippen molar-refractivity contribution in [3.05, 3.63) is 151 Å². The Morgan fingerprint density at radius 1 is 0.592 bits per heavy atom. The lowest BCUT2D eigenvalue weighted by Crippen LogP contribution is -2.15. The highest BCUT2D eigenvalue weighted by Crippen LogP contribution is 2.40. The van der Waals surface area contributed by atoms with Gasteiger partial charge in [0, 0.05) is 38.5 Å². The maximum atomic E-state index is 6.44. The van der Waals surface area contributed by atoms with Gasteiger partial charge in [-0.05, 0) is 85.1 Å². The SMILES string of the molecule is Cc1ccc2c(n1)oc1c(-c3cc(C(C)C)cc(N(c4ccccc4)c4cccc(-n5c6ccccc6c6ccccc65)n4)n3)cccc12. The van der Waals surface area contributed by atoms with Gasteiger partial charge in [-0.1, -0.05) is 86.6 Å². The lowest BCUT2D eigenvalue weighted by molar-refractivity contribution is 0.653. The Morgan fingerprint density at radius 3 is 2.04 bits per heavy atom. The molecule has 0 atom stereocenters. The summed E-state index contributed by atoms with van der Waals surface area (Å²) in [6.07, 6.45) is 0. The molecule has 0 aliphatic carbocycles. The number of fused-ring (bicyclic) bond motifs is 6. The van der Waals surface area contributed by atoms with Crippen LogP contribution >= 0.6 is 0 Å². The van der Waals surface area contributed by atoms with Gasteiger partial charge in [-0.25, -0.2) is 15.0 Å². The van der Waals surface area contributed by atoms with Gasteiger partial charge in [0.25, 0.3) is 0 Å². The second-order valence-electron chi connectivity index (χ2n) is 12.8. The molecule has 6 nitrogen and oxygen atoms in total. The van der Waals surface area contributed by atoms with E-state index in [1.807, 2.05) is 19.1 Å². The summed E-state index contributed by atoms with van der Waals surface area (Å²) in [6.45, 7) is 6.41. The molecule has 0 fully saturated rings. The van der Waals surface area contributed by atoms with Gasteiger partial charge in [0.15, 0.2) is 0 Å². The minimum Gasteiger partial charge on any atom is -0.437 e. The van der Waals surface area contributed by atoms with Gasteiger partial charge < -0.3 is 4.42 Å². The summed E-state index contributed by atoms with van der Waals surface area (Å²) in [4.78, 5) is 17.6. The standard InChI is InChI=1S/C43H33N5O/c1-27(2)29-25-36(35-18-11-17-33-34-24-23-28(3)44-43(34)49-42(33)35)45-41(26-29)47(30-13-5-4-6-14-30)39-21-12-22-40(46-39)48-37-19-9-7-15-31(37)32-16-8-10-20-38(32)48/h4-27H,1-3H3. The van der Waals surface area contributed by atoms with E-state index in [9.17, 15) is 0 Å². The van der Waals surface area contributed by atoms with Crippen LogP contribution < -0.4 is 4.90 Å². The van der Waals surface area contributed by atoms with Crippen molar-refractivity contribution in [2.45, 2.75) is 26.7 Å². The molecule has 6 heteroatoms. The predicted octanol–water partition coefficient (Wildman–Crippen LogP) is 11.4. The highest BCUT2D eigenvalue weighted by molar-refractivity contribution is 6.09. The van der Waals surface area contributed by atoms with Crippen molar-refractivity contribution < 1.29 is 4.42 Å². The number of anilines is 3. The second kappa shape index (κ2) is 11.5. The lowest BCUT2D eigenvalue weighted by Gasteiger charge is -2.25. The van der Waals surface area contributed by atoms with Gasteiger partial charge in [-0.2, -0.15) is 0 Å². The summed E-state index contributed by atoms with van der Waals surface area (Å²) in [7, 11) is 0. The van der Waals surface area contributed by atoms with E-state index in [2.05, 4.69) is 156 Å². The van der Waals surface area contributed by atoms with E-state index in [-0.39, 0.29) is 5.92 Å². The van der Waals surface area contributed by atoms with E-state index in [1.54, 1.807) is 0 Å². The van der Waals surface area contributed by atoms with Crippen molar-refractivity contribution in [1.82, 2.24) is 19.5 Å². The van der Waals surface area contributed by atoms with Gasteiger partial charge in [0.2, 0.25) is 5.71 Å². The van der Waals surface area contributed by atoms with Gasteiger partial charge >= 0.3 is 0 Å². The summed E-state index contributed by atoms with van der Waals surface area (Å²) in [5.74, 6) is 2.65. The van der Waals surface area contributed by atoms with E-state index in [0.29, 0.717) is 5.71 Å². The normalized spacial score (nSPS) is 11.8. The molecule has 236 valence electrons. The smallest absolute Gasteiger partial charge is 0.227 e. The molecule has 0 saturated heterocycles. The van der Waals surface area contributed by atoms with E-state index >= 15 is 0 Å². The van der Waals surface area contributed by atoms with Crippen LogP contribution in [0.4, 0.5) is 17.3 Å². The summed E-state index contributed by atoms with van der Waals surface area (Å²) in [6, 6.07) is 48.3. The van der Waals surface area contributed by atoms with Crippen LogP contribution in [0.1, 0.15) is 31.0 Å². The molecule has 0 spiro atoms. The van der Waals surface area contributed by atoms with E-state index in [0.717, 1.165) is 67.5 Å². The third-order valence-electron chi connectivity index (χ3n) is 9.28. The highest BCUT2D eigenvalue weighted by Gasteiger charge is 2.22. The third-order valence-corrected chi connectivity index (χ3v) is 9.28. The lowest BCUT2D eigenvalue weighted by atomic mass is 10.00. The molecule has 0 aliphatic heterocycles. The Morgan fingerprint density at radius 2 is 1.29 bits per heavy atom. The summed E-state index contributed by atoms with van der Waals surface area (Å²) in [5.41, 5.74) is 8.48. The van der Waals surface area contributed by atoms with Crippen LogP contribution in [0.15, 0.2) is 144 Å². The molecule has 0 unspecified atom stereocenters. The fraction of sp³-hybridized carbons (Fsp3) is 0.0930. The first-order valence-corrected chi connectivity index (χ1v) is 16.7. The van der Waals surface area contributed by atoms with Crippen molar-refractivity contribution in [2.75, 3.05) is 4.90 Å². The number of aromatic nitrogens is 4. The maximum Gasteiger partial charge on any atom is 0.227 e. The van der Waals surface area contributed by atoms with E-state index in [1.165, 1.54) is 16.3 Å². The minimum absolute atomic E-state index is 0.259. The van der Waals surface area contributed by atoms with Crippen molar-refractivity contribution in [3.8, 4) is 17.1 Å². The Balaban J connectivity index is 1.26. The number of rotatable bonds is 6. The largest absolute Gasteiger partial charge is 0.437 e. The van der Waals surface area contributed by atoms with Gasteiger partial charge in [-0.15, -0.1) is 0 Å². The van der Waals surface area contributed by atoms with Crippen molar-refractivity contribution >= 4 is 61.2 Å². The fourth-order valence-corrected chi connectivity index (χ4v) is 6.89. The molecular weight excluding hydrogens is 603 g/mol. The monoisotopic (exact) mass is 635 g/mol.